The summed E-state index contributed by atoms with van der Waals surface area (Å²) in [5, 5.41) is 4.09. The van der Waals surface area contributed by atoms with Gasteiger partial charge >= 0.3 is 0 Å². The number of aryl methyl sites for hydroxylation is 1. The topological polar surface area (TPSA) is 77.3 Å². The Bertz CT molecular complexity index is 860. The lowest BCUT2D eigenvalue weighted by atomic mass is 10.3. The van der Waals surface area contributed by atoms with Crippen molar-refractivity contribution in [3.8, 4) is 0 Å². The van der Waals surface area contributed by atoms with E-state index in [4.69, 9.17) is 4.74 Å². The highest BCUT2D eigenvalue weighted by Crippen LogP contribution is 2.32. The lowest BCUT2D eigenvalue weighted by Crippen LogP contribution is -2.39. The number of nitrogens with zero attached hydrogens (tertiary/aromatic N) is 4. The van der Waals surface area contributed by atoms with Gasteiger partial charge in [-0.2, -0.15) is 9.40 Å². The SMILES string of the molecule is Cc1cccc(CO[C@H]2CN(S(=O)(=O)C3CC3)Cc3ccnn3C2)n1. The summed E-state index contributed by atoms with van der Waals surface area (Å²) in [5.41, 5.74) is 2.69. The Morgan fingerprint density at radius 3 is 2.84 bits per heavy atom. The molecule has 1 aliphatic heterocycles. The van der Waals surface area contributed by atoms with Gasteiger partial charge in [-0.3, -0.25) is 9.67 Å². The van der Waals surface area contributed by atoms with Gasteiger partial charge in [-0.1, -0.05) is 6.07 Å². The third-order valence-corrected chi connectivity index (χ3v) is 6.96. The van der Waals surface area contributed by atoms with Gasteiger partial charge in [-0.15, -0.1) is 0 Å². The first-order valence-electron chi connectivity index (χ1n) is 8.56. The number of sulfonamides is 1. The van der Waals surface area contributed by atoms with Crippen LogP contribution in [0, 0.1) is 6.92 Å². The van der Waals surface area contributed by atoms with Gasteiger partial charge in [0.05, 0.1) is 42.4 Å². The fourth-order valence-electron chi connectivity index (χ4n) is 3.14. The number of hydrogen-bond acceptors (Lipinski definition) is 5. The van der Waals surface area contributed by atoms with Gasteiger partial charge in [0.25, 0.3) is 0 Å². The van der Waals surface area contributed by atoms with Crippen LogP contribution in [0.4, 0.5) is 0 Å². The lowest BCUT2D eigenvalue weighted by Gasteiger charge is -2.23. The van der Waals surface area contributed by atoms with Crippen molar-refractivity contribution in [1.29, 1.82) is 0 Å². The molecular formula is C17H22N4O3S. The molecule has 1 saturated carbocycles. The summed E-state index contributed by atoms with van der Waals surface area (Å²) >= 11 is 0. The van der Waals surface area contributed by atoms with E-state index in [9.17, 15) is 8.42 Å². The standard InChI is InChI=1S/C17H22N4O3S/c1-13-3-2-4-14(19-13)12-24-16-10-20(25(22,23)17-5-6-17)9-15-7-8-18-21(15)11-16/h2-4,7-8,16-17H,5-6,9-12H2,1H3/t16-/m0/s1. The van der Waals surface area contributed by atoms with Crippen LogP contribution in [0.2, 0.25) is 0 Å². The highest BCUT2D eigenvalue weighted by Gasteiger charge is 2.42. The molecule has 0 radical (unpaired) electrons. The van der Waals surface area contributed by atoms with E-state index >= 15 is 0 Å². The number of pyridine rings is 1. The van der Waals surface area contributed by atoms with E-state index in [0.717, 1.165) is 29.9 Å². The third kappa shape index (κ3) is 3.61. The van der Waals surface area contributed by atoms with Crippen LogP contribution in [-0.4, -0.2) is 45.4 Å². The van der Waals surface area contributed by atoms with E-state index in [1.54, 1.807) is 10.5 Å². The number of hydrogen-bond donors (Lipinski definition) is 0. The van der Waals surface area contributed by atoms with Crippen LogP contribution in [0.3, 0.4) is 0 Å². The van der Waals surface area contributed by atoms with Crippen molar-refractivity contribution in [2.45, 2.75) is 50.8 Å². The normalized spacial score (nSPS) is 21.7. The maximum absolute atomic E-state index is 12.7. The van der Waals surface area contributed by atoms with E-state index in [0.29, 0.717) is 26.2 Å². The predicted octanol–water partition coefficient (Wildman–Crippen LogP) is 1.48. The van der Waals surface area contributed by atoms with Gasteiger partial charge < -0.3 is 4.74 Å². The molecule has 0 bridgehead atoms. The van der Waals surface area contributed by atoms with Crippen molar-refractivity contribution < 1.29 is 13.2 Å². The fourth-order valence-corrected chi connectivity index (χ4v) is 4.98. The maximum Gasteiger partial charge on any atom is 0.217 e. The van der Waals surface area contributed by atoms with Crippen molar-refractivity contribution in [2.75, 3.05) is 6.54 Å². The molecule has 2 aromatic heterocycles. The number of aromatic nitrogens is 3. The second-order valence-corrected chi connectivity index (χ2v) is 8.96. The second kappa shape index (κ2) is 6.51. The quantitative estimate of drug-likeness (QED) is 0.805. The molecule has 8 heteroatoms. The summed E-state index contributed by atoms with van der Waals surface area (Å²) in [6.45, 7) is 3.57. The summed E-state index contributed by atoms with van der Waals surface area (Å²) in [5.74, 6) is 0. The van der Waals surface area contributed by atoms with Gasteiger partial charge in [0.1, 0.15) is 0 Å². The van der Waals surface area contributed by atoms with Crippen LogP contribution in [0.1, 0.15) is 29.9 Å². The summed E-state index contributed by atoms with van der Waals surface area (Å²) < 4.78 is 34.9. The Labute approximate surface area is 147 Å². The lowest BCUT2D eigenvalue weighted by molar-refractivity contribution is 0.0188. The zero-order chi connectivity index (χ0) is 17.4. The molecule has 0 amide bonds. The number of rotatable bonds is 5. The molecule has 2 aliphatic rings. The summed E-state index contributed by atoms with van der Waals surface area (Å²) in [7, 11) is -3.26. The molecule has 1 fully saturated rings. The molecule has 3 heterocycles. The second-order valence-electron chi connectivity index (χ2n) is 6.74. The molecule has 1 atom stereocenters. The monoisotopic (exact) mass is 362 g/mol. The van der Waals surface area contributed by atoms with Crippen molar-refractivity contribution in [3.63, 3.8) is 0 Å². The van der Waals surface area contributed by atoms with Gasteiger partial charge in [0.2, 0.25) is 10.0 Å². The first kappa shape index (κ1) is 16.7. The summed E-state index contributed by atoms with van der Waals surface area (Å²) in [6, 6.07) is 7.68. The number of ether oxygens (including phenoxy) is 1. The average Bonchev–Trinajstić information content (AvgIpc) is 3.38. The van der Waals surface area contributed by atoms with Crippen molar-refractivity contribution >= 4 is 10.0 Å². The minimum absolute atomic E-state index is 0.221. The van der Waals surface area contributed by atoms with E-state index in [2.05, 4.69) is 10.1 Å². The Morgan fingerprint density at radius 2 is 2.08 bits per heavy atom. The minimum atomic E-state index is -3.26. The van der Waals surface area contributed by atoms with Crippen LogP contribution in [0.5, 0.6) is 0 Å². The van der Waals surface area contributed by atoms with Crippen LogP contribution in [0.25, 0.3) is 0 Å². The molecular weight excluding hydrogens is 340 g/mol. The highest BCUT2D eigenvalue weighted by molar-refractivity contribution is 7.90. The Hall–Kier alpha value is -1.77. The predicted molar refractivity (Wildman–Crippen MR) is 92.1 cm³/mol. The van der Waals surface area contributed by atoms with Gasteiger partial charge in [-0.05, 0) is 38.0 Å². The maximum atomic E-state index is 12.7. The van der Waals surface area contributed by atoms with Crippen LogP contribution in [-0.2, 0) is 34.5 Å². The molecule has 4 rings (SSSR count). The molecule has 0 aromatic carbocycles. The summed E-state index contributed by atoms with van der Waals surface area (Å²) in [4.78, 5) is 4.44. The summed E-state index contributed by atoms with van der Waals surface area (Å²) in [6.07, 6.45) is 2.98. The van der Waals surface area contributed by atoms with Crippen molar-refractivity contribution in [3.05, 3.63) is 47.5 Å². The third-order valence-electron chi connectivity index (χ3n) is 4.65. The zero-order valence-electron chi connectivity index (χ0n) is 14.2. The van der Waals surface area contributed by atoms with Crippen LogP contribution < -0.4 is 0 Å². The molecule has 0 unspecified atom stereocenters. The first-order chi connectivity index (χ1) is 12.0. The largest absolute Gasteiger partial charge is 0.369 e. The molecule has 0 N–H and O–H groups in total. The Balaban J connectivity index is 1.52. The van der Waals surface area contributed by atoms with Gasteiger partial charge in [0, 0.05) is 18.4 Å². The molecule has 0 saturated heterocycles. The molecule has 1 aliphatic carbocycles. The smallest absolute Gasteiger partial charge is 0.217 e. The molecule has 134 valence electrons. The van der Waals surface area contributed by atoms with E-state index in [1.807, 2.05) is 35.9 Å². The fraction of sp³-hybridized carbons (Fsp3) is 0.529. The number of fused-ring (bicyclic) bond motifs is 1. The Kier molecular flexibility index (Phi) is 4.35. The van der Waals surface area contributed by atoms with Gasteiger partial charge in [0.15, 0.2) is 0 Å². The van der Waals surface area contributed by atoms with Crippen molar-refractivity contribution in [2.24, 2.45) is 0 Å². The van der Waals surface area contributed by atoms with Crippen LogP contribution >= 0.6 is 0 Å². The van der Waals surface area contributed by atoms with Gasteiger partial charge in [-0.25, -0.2) is 8.42 Å². The highest BCUT2D eigenvalue weighted by atomic mass is 32.2. The van der Waals surface area contributed by atoms with Crippen LogP contribution in [0.15, 0.2) is 30.5 Å². The van der Waals surface area contributed by atoms with E-state index < -0.39 is 10.0 Å². The first-order valence-corrected chi connectivity index (χ1v) is 10.1. The Morgan fingerprint density at radius 1 is 1.24 bits per heavy atom. The average molecular weight is 362 g/mol. The molecule has 25 heavy (non-hydrogen) atoms. The zero-order valence-corrected chi connectivity index (χ0v) is 15.0. The minimum Gasteiger partial charge on any atom is -0.369 e. The molecule has 2 aromatic rings. The van der Waals surface area contributed by atoms with Crippen molar-refractivity contribution in [1.82, 2.24) is 19.1 Å². The van der Waals surface area contributed by atoms with E-state index in [1.165, 1.54) is 0 Å². The molecule has 0 spiro atoms. The molecule has 7 nitrogen and oxygen atoms in total. The van der Waals surface area contributed by atoms with E-state index in [-0.39, 0.29) is 11.4 Å².